The van der Waals surface area contributed by atoms with E-state index >= 15 is 0 Å². The number of carbonyl (C=O) groups is 4. The molecule has 0 saturated carbocycles. The number of hydrogen-bond acceptors (Lipinski definition) is 6. The summed E-state index contributed by atoms with van der Waals surface area (Å²) in [4.78, 5) is 45.0. The second-order valence-electron chi connectivity index (χ2n) is 5.25. The minimum atomic E-state index is -1.31. The van der Waals surface area contributed by atoms with Crippen molar-refractivity contribution in [3.63, 3.8) is 0 Å². The number of hydrogen-bond donors (Lipinski definition) is 6. The SMILES string of the molecule is NC(CC(=O)O)C(=O)NCC(=O)NC(Cc1ccc(O)cc1)C(=O)O. The molecule has 0 saturated heterocycles. The van der Waals surface area contributed by atoms with Gasteiger partial charge in [-0.3, -0.25) is 14.4 Å². The summed E-state index contributed by atoms with van der Waals surface area (Å²) in [6.45, 7) is -0.536. The highest BCUT2D eigenvalue weighted by atomic mass is 16.4. The van der Waals surface area contributed by atoms with Crippen LogP contribution in [0.2, 0.25) is 0 Å². The summed E-state index contributed by atoms with van der Waals surface area (Å²) in [5, 5.41) is 31.3. The molecule has 7 N–H and O–H groups in total. The second-order valence-corrected chi connectivity index (χ2v) is 5.25. The normalized spacial score (nSPS) is 12.7. The fraction of sp³-hybridized carbons (Fsp3) is 0.333. The molecule has 0 radical (unpaired) electrons. The summed E-state index contributed by atoms with van der Waals surface area (Å²) in [6, 6.07) is 3.27. The molecular formula is C15H19N3O7. The van der Waals surface area contributed by atoms with Crippen molar-refractivity contribution in [1.82, 2.24) is 10.6 Å². The zero-order chi connectivity index (χ0) is 19.0. The van der Waals surface area contributed by atoms with Gasteiger partial charge in [0.25, 0.3) is 0 Å². The minimum absolute atomic E-state index is 0.0200. The van der Waals surface area contributed by atoms with E-state index in [-0.39, 0.29) is 12.2 Å². The van der Waals surface area contributed by atoms with Gasteiger partial charge in [0, 0.05) is 6.42 Å². The molecule has 10 heteroatoms. The Morgan fingerprint density at radius 1 is 1.08 bits per heavy atom. The van der Waals surface area contributed by atoms with Gasteiger partial charge >= 0.3 is 11.9 Å². The van der Waals surface area contributed by atoms with Crippen molar-refractivity contribution < 1.29 is 34.5 Å². The Balaban J connectivity index is 2.53. The van der Waals surface area contributed by atoms with E-state index in [9.17, 15) is 24.3 Å². The zero-order valence-electron chi connectivity index (χ0n) is 13.1. The standard InChI is InChI=1S/C15H19N3O7/c16-10(6-13(21)22)14(23)17-7-12(20)18-11(15(24)25)5-8-1-3-9(19)4-2-8/h1-4,10-11,19H,5-7,16H2,(H,17,23)(H,18,20)(H,21,22)(H,24,25). The summed E-state index contributed by atoms with van der Waals surface area (Å²) >= 11 is 0. The summed E-state index contributed by atoms with van der Waals surface area (Å²) in [6.07, 6.45) is -0.611. The third-order valence-corrected chi connectivity index (χ3v) is 3.16. The number of carboxylic acids is 2. The molecule has 2 amide bonds. The number of rotatable bonds is 9. The van der Waals surface area contributed by atoms with Gasteiger partial charge in [-0.2, -0.15) is 0 Å². The minimum Gasteiger partial charge on any atom is -0.508 e. The summed E-state index contributed by atoms with van der Waals surface area (Å²) in [5.41, 5.74) is 5.91. The lowest BCUT2D eigenvalue weighted by Gasteiger charge is -2.16. The van der Waals surface area contributed by atoms with E-state index in [2.05, 4.69) is 10.6 Å². The van der Waals surface area contributed by atoms with E-state index < -0.39 is 48.8 Å². The van der Waals surface area contributed by atoms with Gasteiger partial charge in [0.05, 0.1) is 19.0 Å². The molecule has 0 bridgehead atoms. The van der Waals surface area contributed by atoms with E-state index in [0.717, 1.165) is 0 Å². The Kier molecular flexibility index (Phi) is 7.35. The van der Waals surface area contributed by atoms with Crippen LogP contribution in [0.15, 0.2) is 24.3 Å². The van der Waals surface area contributed by atoms with E-state index in [0.29, 0.717) is 5.56 Å². The monoisotopic (exact) mass is 353 g/mol. The van der Waals surface area contributed by atoms with E-state index in [1.165, 1.54) is 24.3 Å². The molecule has 1 rings (SSSR count). The molecule has 1 aromatic rings. The summed E-state index contributed by atoms with van der Waals surface area (Å²) in [7, 11) is 0. The lowest BCUT2D eigenvalue weighted by molar-refractivity contribution is -0.142. The Bertz CT molecular complexity index is 645. The van der Waals surface area contributed by atoms with Gasteiger partial charge in [-0.05, 0) is 17.7 Å². The predicted octanol–water partition coefficient (Wildman–Crippen LogP) is -1.58. The second kappa shape index (κ2) is 9.23. The van der Waals surface area contributed by atoms with Crippen LogP contribution >= 0.6 is 0 Å². The van der Waals surface area contributed by atoms with E-state index in [4.69, 9.17) is 15.9 Å². The number of phenolic OH excluding ortho intramolecular Hbond substituents is 1. The van der Waals surface area contributed by atoms with Crippen LogP contribution in [0.5, 0.6) is 5.75 Å². The number of nitrogens with two attached hydrogens (primary N) is 1. The molecule has 2 atom stereocenters. The largest absolute Gasteiger partial charge is 0.508 e. The van der Waals surface area contributed by atoms with Crippen molar-refractivity contribution >= 4 is 23.8 Å². The van der Waals surface area contributed by atoms with Crippen LogP contribution < -0.4 is 16.4 Å². The van der Waals surface area contributed by atoms with Crippen molar-refractivity contribution in [2.24, 2.45) is 5.73 Å². The van der Waals surface area contributed by atoms with Gasteiger partial charge in [-0.1, -0.05) is 12.1 Å². The highest BCUT2D eigenvalue weighted by Gasteiger charge is 2.22. The third-order valence-electron chi connectivity index (χ3n) is 3.16. The van der Waals surface area contributed by atoms with E-state index in [1.807, 2.05) is 0 Å². The molecule has 25 heavy (non-hydrogen) atoms. The van der Waals surface area contributed by atoms with Crippen LogP contribution in [0.1, 0.15) is 12.0 Å². The highest BCUT2D eigenvalue weighted by molar-refractivity contribution is 5.91. The first kappa shape index (κ1) is 19.9. The van der Waals surface area contributed by atoms with Gasteiger partial charge in [0.15, 0.2) is 0 Å². The van der Waals surface area contributed by atoms with Crippen LogP contribution in [0.25, 0.3) is 0 Å². The maximum absolute atomic E-state index is 11.8. The fourth-order valence-electron chi connectivity index (χ4n) is 1.89. The Labute approximate surface area is 142 Å². The quantitative estimate of drug-likeness (QED) is 0.308. The van der Waals surface area contributed by atoms with Crippen LogP contribution in [0.3, 0.4) is 0 Å². The maximum Gasteiger partial charge on any atom is 0.326 e. The molecule has 10 nitrogen and oxygen atoms in total. The lowest BCUT2D eigenvalue weighted by Crippen LogP contribution is -2.49. The smallest absolute Gasteiger partial charge is 0.326 e. The molecule has 0 spiro atoms. The molecule has 0 aliphatic carbocycles. The summed E-state index contributed by atoms with van der Waals surface area (Å²) in [5.74, 6) is -4.09. The fourth-order valence-corrected chi connectivity index (χ4v) is 1.89. The number of aliphatic carboxylic acids is 2. The number of phenols is 1. The average Bonchev–Trinajstić information content (AvgIpc) is 2.53. The number of amides is 2. The van der Waals surface area contributed by atoms with Crippen LogP contribution in [0, 0.1) is 0 Å². The first-order valence-electron chi connectivity index (χ1n) is 7.24. The first-order valence-corrected chi connectivity index (χ1v) is 7.24. The molecule has 2 unspecified atom stereocenters. The number of carbonyl (C=O) groups excluding carboxylic acids is 2. The average molecular weight is 353 g/mol. The zero-order valence-corrected chi connectivity index (χ0v) is 13.1. The molecular weight excluding hydrogens is 334 g/mol. The molecule has 1 aromatic carbocycles. The Morgan fingerprint density at radius 2 is 1.68 bits per heavy atom. The van der Waals surface area contributed by atoms with Crippen LogP contribution in [0.4, 0.5) is 0 Å². The summed E-state index contributed by atoms with van der Waals surface area (Å²) < 4.78 is 0. The van der Waals surface area contributed by atoms with E-state index in [1.54, 1.807) is 0 Å². The molecule has 0 fully saturated rings. The molecule has 0 aliphatic rings. The number of aromatic hydroxyl groups is 1. The van der Waals surface area contributed by atoms with Crippen molar-refractivity contribution in [2.75, 3.05) is 6.54 Å². The van der Waals surface area contributed by atoms with Gasteiger partial charge < -0.3 is 31.7 Å². The molecule has 0 aromatic heterocycles. The number of nitrogens with one attached hydrogen (secondary N) is 2. The van der Waals surface area contributed by atoms with Crippen molar-refractivity contribution in [2.45, 2.75) is 24.9 Å². The predicted molar refractivity (Wildman–Crippen MR) is 84.6 cm³/mol. The number of carboxylic acid groups (broad SMARTS) is 2. The lowest BCUT2D eigenvalue weighted by atomic mass is 10.1. The first-order chi connectivity index (χ1) is 11.7. The van der Waals surface area contributed by atoms with Gasteiger partial charge in [0.2, 0.25) is 11.8 Å². The van der Waals surface area contributed by atoms with Gasteiger partial charge in [-0.15, -0.1) is 0 Å². The number of benzene rings is 1. The van der Waals surface area contributed by atoms with Gasteiger partial charge in [-0.25, -0.2) is 4.79 Å². The molecule has 0 aliphatic heterocycles. The van der Waals surface area contributed by atoms with Gasteiger partial charge in [0.1, 0.15) is 11.8 Å². The Morgan fingerprint density at radius 3 is 2.20 bits per heavy atom. The van der Waals surface area contributed by atoms with Crippen molar-refractivity contribution in [3.8, 4) is 5.75 Å². The highest BCUT2D eigenvalue weighted by Crippen LogP contribution is 2.11. The molecule has 0 heterocycles. The maximum atomic E-state index is 11.8. The van der Waals surface area contributed by atoms with Crippen molar-refractivity contribution in [1.29, 1.82) is 0 Å². The topological polar surface area (TPSA) is 179 Å². The molecule has 136 valence electrons. The van der Waals surface area contributed by atoms with Crippen LogP contribution in [-0.2, 0) is 25.6 Å². The third kappa shape index (κ3) is 7.31. The Hall–Kier alpha value is -3.14. The van der Waals surface area contributed by atoms with Crippen LogP contribution in [-0.4, -0.2) is 57.7 Å². The van der Waals surface area contributed by atoms with Crippen molar-refractivity contribution in [3.05, 3.63) is 29.8 Å².